The summed E-state index contributed by atoms with van der Waals surface area (Å²) in [6.07, 6.45) is 1.28. The van der Waals surface area contributed by atoms with Crippen molar-refractivity contribution in [1.82, 2.24) is 19.3 Å². The van der Waals surface area contributed by atoms with Crippen molar-refractivity contribution in [3.05, 3.63) is 48.8 Å². The third-order valence-corrected chi connectivity index (χ3v) is 4.90. The van der Waals surface area contributed by atoms with Gasteiger partial charge in [0.05, 0.1) is 11.0 Å². The SMILES string of the molecule is O=S(=O)(c1cccc2nonc12)n1cnc2ccccc21. The summed E-state index contributed by atoms with van der Waals surface area (Å²) in [4.78, 5) is 4.13. The average molecular weight is 300 g/mol. The predicted octanol–water partition coefficient (Wildman–Crippen LogP) is 1.81. The van der Waals surface area contributed by atoms with Gasteiger partial charge < -0.3 is 0 Å². The summed E-state index contributed by atoms with van der Waals surface area (Å²) < 4.78 is 31.4. The molecule has 21 heavy (non-hydrogen) atoms. The molecule has 0 saturated carbocycles. The number of hydrogen-bond donors (Lipinski definition) is 0. The molecule has 104 valence electrons. The van der Waals surface area contributed by atoms with Gasteiger partial charge in [0.2, 0.25) is 0 Å². The van der Waals surface area contributed by atoms with E-state index in [-0.39, 0.29) is 10.4 Å². The Bertz CT molecular complexity index is 1070. The first-order valence-corrected chi connectivity index (χ1v) is 7.51. The Hall–Kier alpha value is -2.74. The summed E-state index contributed by atoms with van der Waals surface area (Å²) in [5.74, 6) is 0. The van der Waals surface area contributed by atoms with Crippen LogP contribution in [0.1, 0.15) is 0 Å². The first-order chi connectivity index (χ1) is 10.2. The lowest BCUT2D eigenvalue weighted by atomic mass is 10.3. The van der Waals surface area contributed by atoms with Gasteiger partial charge in [-0.2, -0.15) is 0 Å². The molecule has 2 heterocycles. The molecule has 0 saturated heterocycles. The van der Waals surface area contributed by atoms with Crippen LogP contribution in [0.15, 0.2) is 58.3 Å². The lowest BCUT2D eigenvalue weighted by molar-refractivity contribution is 0.315. The Morgan fingerprint density at radius 2 is 1.76 bits per heavy atom. The van der Waals surface area contributed by atoms with Gasteiger partial charge in [-0.25, -0.2) is 22.0 Å². The molecule has 2 aromatic carbocycles. The maximum absolute atomic E-state index is 12.8. The molecule has 4 aromatic rings. The Balaban J connectivity index is 2.05. The van der Waals surface area contributed by atoms with E-state index in [4.69, 9.17) is 0 Å². The Labute approximate surface area is 118 Å². The molecule has 0 radical (unpaired) electrons. The zero-order valence-electron chi connectivity index (χ0n) is 10.5. The summed E-state index contributed by atoms with van der Waals surface area (Å²) in [5.41, 5.74) is 1.70. The van der Waals surface area contributed by atoms with Crippen LogP contribution in [0.2, 0.25) is 0 Å². The van der Waals surface area contributed by atoms with Crippen LogP contribution in [0, 0.1) is 0 Å². The van der Waals surface area contributed by atoms with Crippen molar-refractivity contribution in [3.8, 4) is 0 Å². The molecule has 0 spiro atoms. The van der Waals surface area contributed by atoms with Gasteiger partial charge in [0.1, 0.15) is 16.7 Å². The molecule has 8 heteroatoms. The first-order valence-electron chi connectivity index (χ1n) is 6.07. The van der Waals surface area contributed by atoms with Gasteiger partial charge in [0.15, 0.2) is 5.52 Å². The number of aromatic nitrogens is 4. The van der Waals surface area contributed by atoms with Gasteiger partial charge in [0.25, 0.3) is 10.0 Å². The van der Waals surface area contributed by atoms with Gasteiger partial charge in [-0.3, -0.25) is 0 Å². The normalized spacial score (nSPS) is 12.2. The van der Waals surface area contributed by atoms with E-state index in [0.717, 1.165) is 3.97 Å². The van der Waals surface area contributed by atoms with Gasteiger partial charge in [0, 0.05) is 0 Å². The summed E-state index contributed by atoms with van der Waals surface area (Å²) in [6.45, 7) is 0. The Morgan fingerprint density at radius 3 is 2.67 bits per heavy atom. The van der Waals surface area contributed by atoms with Gasteiger partial charge in [-0.15, -0.1) is 0 Å². The van der Waals surface area contributed by atoms with Crippen LogP contribution in [0.5, 0.6) is 0 Å². The van der Waals surface area contributed by atoms with Crippen molar-refractivity contribution in [2.75, 3.05) is 0 Å². The zero-order chi connectivity index (χ0) is 14.4. The summed E-state index contributed by atoms with van der Waals surface area (Å²) in [5, 5.41) is 7.34. The van der Waals surface area contributed by atoms with Crippen molar-refractivity contribution in [2.24, 2.45) is 0 Å². The maximum atomic E-state index is 12.8. The van der Waals surface area contributed by atoms with E-state index in [1.165, 1.54) is 12.4 Å². The second-order valence-corrected chi connectivity index (χ2v) is 6.21. The van der Waals surface area contributed by atoms with Crippen molar-refractivity contribution < 1.29 is 13.0 Å². The molecular weight excluding hydrogens is 292 g/mol. The lowest BCUT2D eigenvalue weighted by Gasteiger charge is -2.06. The monoisotopic (exact) mass is 300 g/mol. The number of fused-ring (bicyclic) bond motifs is 2. The quantitative estimate of drug-likeness (QED) is 0.560. The van der Waals surface area contributed by atoms with Gasteiger partial charge in [-0.1, -0.05) is 18.2 Å². The number of para-hydroxylation sites is 2. The highest BCUT2D eigenvalue weighted by molar-refractivity contribution is 7.90. The van der Waals surface area contributed by atoms with Crippen LogP contribution >= 0.6 is 0 Å². The van der Waals surface area contributed by atoms with E-state index < -0.39 is 10.0 Å². The number of nitrogens with zero attached hydrogens (tertiary/aromatic N) is 4. The minimum Gasteiger partial charge on any atom is -0.243 e. The van der Waals surface area contributed by atoms with E-state index >= 15 is 0 Å². The van der Waals surface area contributed by atoms with Crippen molar-refractivity contribution in [3.63, 3.8) is 0 Å². The van der Waals surface area contributed by atoms with Crippen LogP contribution in [-0.2, 0) is 10.0 Å². The largest absolute Gasteiger partial charge is 0.271 e. The van der Waals surface area contributed by atoms with E-state index in [1.807, 2.05) is 0 Å². The molecule has 0 aliphatic carbocycles. The van der Waals surface area contributed by atoms with Crippen LogP contribution < -0.4 is 0 Å². The Kier molecular flexibility index (Phi) is 2.36. The molecule has 2 aromatic heterocycles. The first kappa shape index (κ1) is 12.0. The molecule has 0 unspecified atom stereocenters. The third kappa shape index (κ3) is 1.66. The van der Waals surface area contributed by atoms with Crippen LogP contribution in [0.3, 0.4) is 0 Å². The average Bonchev–Trinajstić information content (AvgIpc) is 3.13. The van der Waals surface area contributed by atoms with Crippen molar-refractivity contribution in [1.29, 1.82) is 0 Å². The third-order valence-electron chi connectivity index (χ3n) is 3.21. The molecule has 0 atom stereocenters. The standard InChI is InChI=1S/C13H8N4O3S/c18-21(19,12-7-3-5-10-13(12)16-20-15-10)17-8-14-9-4-1-2-6-11(9)17/h1-8H. The van der Waals surface area contributed by atoms with E-state index in [2.05, 4.69) is 19.9 Å². The van der Waals surface area contributed by atoms with Crippen LogP contribution in [-0.4, -0.2) is 27.7 Å². The molecule has 0 aliphatic heterocycles. The molecule has 4 rings (SSSR count). The lowest BCUT2D eigenvalue weighted by Crippen LogP contribution is -2.12. The summed E-state index contributed by atoms with van der Waals surface area (Å²) >= 11 is 0. The fraction of sp³-hybridized carbons (Fsp3) is 0. The second kappa shape index (κ2) is 4.13. The minimum atomic E-state index is -3.83. The smallest absolute Gasteiger partial charge is 0.243 e. The fourth-order valence-electron chi connectivity index (χ4n) is 2.22. The Morgan fingerprint density at radius 1 is 0.952 bits per heavy atom. The number of imidazole rings is 1. The topological polar surface area (TPSA) is 90.9 Å². The maximum Gasteiger partial charge on any atom is 0.271 e. The molecule has 0 aliphatic rings. The summed E-state index contributed by atoms with van der Waals surface area (Å²) in [7, 11) is -3.83. The van der Waals surface area contributed by atoms with Gasteiger partial charge in [-0.05, 0) is 34.6 Å². The zero-order valence-corrected chi connectivity index (χ0v) is 11.4. The second-order valence-electron chi connectivity index (χ2n) is 4.42. The van der Waals surface area contributed by atoms with E-state index in [0.29, 0.717) is 16.6 Å². The predicted molar refractivity (Wildman–Crippen MR) is 74.1 cm³/mol. The number of benzene rings is 2. The van der Waals surface area contributed by atoms with Gasteiger partial charge >= 0.3 is 0 Å². The summed E-state index contributed by atoms with van der Waals surface area (Å²) in [6, 6.07) is 11.7. The molecular formula is C13H8N4O3S. The van der Waals surface area contributed by atoms with Crippen molar-refractivity contribution >= 4 is 32.1 Å². The highest BCUT2D eigenvalue weighted by atomic mass is 32.2. The molecule has 0 N–H and O–H groups in total. The number of rotatable bonds is 2. The van der Waals surface area contributed by atoms with E-state index in [1.54, 1.807) is 36.4 Å². The fourth-order valence-corrected chi connectivity index (χ4v) is 3.66. The molecule has 0 fully saturated rings. The molecule has 0 amide bonds. The number of hydrogen-bond acceptors (Lipinski definition) is 6. The van der Waals surface area contributed by atoms with Crippen LogP contribution in [0.4, 0.5) is 0 Å². The minimum absolute atomic E-state index is 0.0319. The molecule has 0 bridgehead atoms. The highest BCUT2D eigenvalue weighted by Gasteiger charge is 2.24. The van der Waals surface area contributed by atoms with E-state index in [9.17, 15) is 8.42 Å². The van der Waals surface area contributed by atoms with Crippen molar-refractivity contribution in [2.45, 2.75) is 4.90 Å². The van der Waals surface area contributed by atoms with Crippen LogP contribution in [0.25, 0.3) is 22.1 Å². The highest BCUT2D eigenvalue weighted by Crippen LogP contribution is 2.24. The molecule has 7 nitrogen and oxygen atoms in total.